The average molecular weight is 631 g/mol. The first-order valence-electron chi connectivity index (χ1n) is 15.0. The molecule has 7 nitrogen and oxygen atoms in total. The van der Waals surface area contributed by atoms with Crippen LogP contribution in [-0.4, -0.2) is 52.7 Å². The van der Waals surface area contributed by atoms with Gasteiger partial charge in [0.1, 0.15) is 11.4 Å². The highest BCUT2D eigenvalue weighted by molar-refractivity contribution is 7.83. The first-order chi connectivity index (χ1) is 20.4. The highest BCUT2D eigenvalue weighted by Gasteiger charge is 2.32. The summed E-state index contributed by atoms with van der Waals surface area (Å²) in [5, 5.41) is 11.7. The van der Waals surface area contributed by atoms with Crippen LogP contribution in [0.25, 0.3) is 0 Å². The number of nitrogens with zero attached hydrogens (tertiary/aromatic N) is 1. The summed E-state index contributed by atoms with van der Waals surface area (Å²) in [5.41, 5.74) is 1.03. The summed E-state index contributed by atoms with van der Waals surface area (Å²) in [4.78, 5) is 15.6. The number of benzene rings is 2. The fourth-order valence-electron chi connectivity index (χ4n) is 5.43. The summed E-state index contributed by atoms with van der Waals surface area (Å²) in [6.45, 7) is 18.7. The van der Waals surface area contributed by atoms with Gasteiger partial charge in [0.25, 0.3) is 5.91 Å². The lowest BCUT2D eigenvalue weighted by Gasteiger charge is -2.33. The van der Waals surface area contributed by atoms with Crippen LogP contribution in [0.15, 0.2) is 66.6 Å². The number of halogens is 1. The maximum Gasteiger partial charge on any atom is 0.263 e. The van der Waals surface area contributed by atoms with E-state index in [0.29, 0.717) is 41.8 Å². The van der Waals surface area contributed by atoms with E-state index in [1.165, 1.54) is 11.1 Å². The van der Waals surface area contributed by atoms with E-state index in [9.17, 15) is 14.1 Å². The summed E-state index contributed by atoms with van der Waals surface area (Å²) >= 11 is 6.37. The molecule has 1 aliphatic rings. The lowest BCUT2D eigenvalue weighted by molar-refractivity contribution is -0.139. The van der Waals surface area contributed by atoms with Gasteiger partial charge in [-0.05, 0) is 81.0 Å². The van der Waals surface area contributed by atoms with Gasteiger partial charge in [-0.15, -0.1) is 13.2 Å². The van der Waals surface area contributed by atoms with Gasteiger partial charge >= 0.3 is 0 Å². The Bertz CT molecular complexity index is 1310. The van der Waals surface area contributed by atoms with E-state index in [1.807, 2.05) is 24.3 Å². The van der Waals surface area contributed by atoms with Gasteiger partial charge in [-0.25, -0.2) is 4.21 Å². The molecule has 1 amide bonds. The van der Waals surface area contributed by atoms with Crippen molar-refractivity contribution in [2.75, 3.05) is 31.2 Å². The number of carbonyl (C=O) groups is 1. The van der Waals surface area contributed by atoms with Crippen molar-refractivity contribution in [3.8, 4) is 5.75 Å². The maximum absolute atomic E-state index is 13.4. The Morgan fingerprint density at radius 1 is 1.26 bits per heavy atom. The Morgan fingerprint density at radius 2 is 2.00 bits per heavy atom. The normalized spacial score (nSPS) is 17.9. The van der Waals surface area contributed by atoms with Gasteiger partial charge in [0.15, 0.2) is 11.0 Å². The Balaban J connectivity index is 1.97. The van der Waals surface area contributed by atoms with Crippen molar-refractivity contribution in [3.63, 3.8) is 0 Å². The van der Waals surface area contributed by atoms with Crippen LogP contribution in [0.4, 0.5) is 5.69 Å². The monoisotopic (exact) mass is 630 g/mol. The van der Waals surface area contributed by atoms with Crippen LogP contribution in [0, 0.1) is 5.92 Å². The van der Waals surface area contributed by atoms with E-state index in [4.69, 9.17) is 21.1 Å². The van der Waals surface area contributed by atoms with Gasteiger partial charge in [-0.2, -0.15) is 0 Å². The number of rotatable bonds is 15. The van der Waals surface area contributed by atoms with Crippen LogP contribution < -0.4 is 14.4 Å². The summed E-state index contributed by atoms with van der Waals surface area (Å²) < 4.78 is 27.9. The molecule has 4 unspecified atom stereocenters. The van der Waals surface area contributed by atoms with Crippen molar-refractivity contribution in [1.82, 2.24) is 4.72 Å². The third-order valence-electron chi connectivity index (χ3n) is 8.20. The van der Waals surface area contributed by atoms with Crippen LogP contribution in [-0.2, 0) is 26.9 Å². The fourth-order valence-corrected chi connectivity index (χ4v) is 6.57. The largest absolute Gasteiger partial charge is 0.491 e. The predicted molar refractivity (Wildman–Crippen MR) is 176 cm³/mol. The molecule has 3 rings (SSSR count). The first-order valence-corrected chi connectivity index (χ1v) is 16.5. The lowest BCUT2D eigenvalue weighted by atomic mass is 9.84. The number of amides is 1. The molecule has 1 heterocycles. The van der Waals surface area contributed by atoms with Gasteiger partial charge in [0.05, 0.1) is 29.4 Å². The number of nitrogens with one attached hydrogen (secondary N) is 1. The van der Waals surface area contributed by atoms with Crippen molar-refractivity contribution in [2.45, 2.75) is 82.3 Å². The first kappa shape index (κ1) is 34.8. The molecule has 0 saturated heterocycles. The molecule has 0 bridgehead atoms. The predicted octanol–water partition coefficient (Wildman–Crippen LogP) is 6.75. The highest BCUT2D eigenvalue weighted by Crippen LogP contribution is 2.38. The van der Waals surface area contributed by atoms with Crippen molar-refractivity contribution in [2.24, 2.45) is 5.92 Å². The van der Waals surface area contributed by atoms with Crippen molar-refractivity contribution in [1.29, 1.82) is 0 Å². The van der Waals surface area contributed by atoms with Crippen LogP contribution in [0.2, 0.25) is 5.02 Å². The van der Waals surface area contributed by atoms with E-state index in [-0.39, 0.29) is 18.4 Å². The second-order valence-corrected chi connectivity index (χ2v) is 13.5. The zero-order valence-corrected chi connectivity index (χ0v) is 27.7. The minimum atomic E-state index is -1.82. The molecule has 0 aliphatic carbocycles. The van der Waals surface area contributed by atoms with E-state index < -0.39 is 28.1 Å². The number of fused-ring (bicyclic) bond motifs is 1. The minimum Gasteiger partial charge on any atom is -0.491 e. The van der Waals surface area contributed by atoms with E-state index in [2.05, 4.69) is 42.7 Å². The van der Waals surface area contributed by atoms with Gasteiger partial charge in [0, 0.05) is 24.0 Å². The zero-order chi connectivity index (χ0) is 31.8. The molecule has 236 valence electrons. The summed E-state index contributed by atoms with van der Waals surface area (Å²) in [6, 6.07) is 11.4. The minimum absolute atomic E-state index is 0.00310. The third kappa shape index (κ3) is 8.94. The van der Waals surface area contributed by atoms with Gasteiger partial charge in [-0.1, -0.05) is 56.5 Å². The molecule has 0 spiro atoms. The molecule has 9 heteroatoms. The summed E-state index contributed by atoms with van der Waals surface area (Å²) in [5.74, 6) is 0.248. The molecule has 0 fully saturated rings. The number of hydrogen-bond acceptors (Lipinski definition) is 6. The molecule has 1 aliphatic heterocycles. The second-order valence-electron chi connectivity index (χ2n) is 11.8. The van der Waals surface area contributed by atoms with Gasteiger partial charge in [0.2, 0.25) is 0 Å². The second kappa shape index (κ2) is 15.4. The number of carbonyl (C=O) groups excluding carboxylic acids is 1. The standard InChI is InChI=1S/C34H47ClN2O5S/c1-8-12-24-20-27(35)13-15-29(24)25-22-37(18-17-26(10-3)34(7,39)11-4)30-21-28(14-16-31(30)41-23-25)43(40)36-32(38)33(5,6)42-19-9-2/h9,11,13-16,20-21,25-26,39H,2,4,8,10,12,17-19,22-23H2,1,3,5-7H3,(H,36,38). The number of aliphatic hydroxyl groups is 1. The number of hydrogen-bond donors (Lipinski definition) is 2. The molecule has 0 saturated carbocycles. The smallest absolute Gasteiger partial charge is 0.263 e. The Hall–Kier alpha value is -2.65. The third-order valence-corrected chi connectivity index (χ3v) is 9.49. The molecule has 2 N–H and O–H groups in total. The molecule has 0 radical (unpaired) electrons. The van der Waals surface area contributed by atoms with Crippen molar-refractivity contribution < 1.29 is 23.6 Å². The Kier molecular flexibility index (Phi) is 12.5. The summed E-state index contributed by atoms with van der Waals surface area (Å²) in [7, 11) is -1.82. The van der Waals surface area contributed by atoms with Crippen LogP contribution in [0.3, 0.4) is 0 Å². The van der Waals surface area contributed by atoms with Crippen LogP contribution >= 0.6 is 11.6 Å². The quantitative estimate of drug-likeness (QED) is 0.212. The molecule has 2 aromatic carbocycles. The zero-order valence-electron chi connectivity index (χ0n) is 26.2. The Morgan fingerprint density at radius 3 is 2.65 bits per heavy atom. The maximum atomic E-state index is 13.4. The molecular formula is C34H47ClN2O5S. The molecule has 0 aromatic heterocycles. The van der Waals surface area contributed by atoms with Gasteiger partial charge in [-0.3, -0.25) is 9.52 Å². The van der Waals surface area contributed by atoms with Crippen molar-refractivity contribution in [3.05, 3.63) is 77.9 Å². The van der Waals surface area contributed by atoms with Crippen LogP contribution in [0.5, 0.6) is 5.75 Å². The molecule has 4 atom stereocenters. The number of anilines is 1. The molecule has 2 aromatic rings. The number of ether oxygens (including phenoxy) is 2. The SMILES string of the molecule is C=CCOC(C)(C)C(=O)NS(=O)c1ccc2c(c1)N(CCC(CC)C(C)(O)C=C)CC(c1ccc(Cl)cc1CCC)CO2. The fraction of sp³-hybridized carbons (Fsp3) is 0.500. The lowest BCUT2D eigenvalue weighted by Crippen LogP contribution is -2.45. The highest BCUT2D eigenvalue weighted by atomic mass is 35.5. The van der Waals surface area contributed by atoms with Gasteiger partial charge < -0.3 is 19.5 Å². The molecule has 43 heavy (non-hydrogen) atoms. The van der Waals surface area contributed by atoms with E-state index in [0.717, 1.165) is 24.9 Å². The Labute approximate surface area is 264 Å². The van der Waals surface area contributed by atoms with E-state index in [1.54, 1.807) is 39.0 Å². The summed E-state index contributed by atoms with van der Waals surface area (Å²) in [6.07, 6.45) is 6.58. The van der Waals surface area contributed by atoms with Crippen molar-refractivity contribution >= 4 is 34.2 Å². The van der Waals surface area contributed by atoms with E-state index >= 15 is 0 Å². The molecular weight excluding hydrogens is 584 g/mol. The number of aryl methyl sites for hydroxylation is 1. The topological polar surface area (TPSA) is 88.1 Å². The van der Waals surface area contributed by atoms with Crippen LogP contribution in [0.1, 0.15) is 70.9 Å². The average Bonchev–Trinajstić information content (AvgIpc) is 3.15.